The van der Waals surface area contributed by atoms with Gasteiger partial charge in [0, 0.05) is 12.1 Å². The number of nitrogens with zero attached hydrogens (tertiary/aromatic N) is 2. The Hall–Kier alpha value is -4.11. The summed E-state index contributed by atoms with van der Waals surface area (Å²) in [7, 11) is 0. The fourth-order valence-electron chi connectivity index (χ4n) is 2.85. The maximum atomic E-state index is 10.8. The molecule has 0 aliphatic rings. The Morgan fingerprint density at radius 2 is 1.77 bits per heavy atom. The zero-order valence-corrected chi connectivity index (χ0v) is 16.4. The smallest absolute Gasteiger partial charge is 0.269 e. The van der Waals surface area contributed by atoms with Gasteiger partial charge in [0.05, 0.1) is 23.2 Å². The summed E-state index contributed by atoms with van der Waals surface area (Å²) < 4.78 is 11.6. The van der Waals surface area contributed by atoms with Crippen LogP contribution in [-0.4, -0.2) is 11.5 Å². The number of nitriles is 1. The van der Waals surface area contributed by atoms with Crippen molar-refractivity contribution in [1.29, 1.82) is 5.26 Å². The van der Waals surface area contributed by atoms with Gasteiger partial charge in [-0.1, -0.05) is 36.4 Å². The van der Waals surface area contributed by atoms with E-state index in [0.29, 0.717) is 35.8 Å². The molecular formula is C24H20N2O4. The average Bonchev–Trinajstić information content (AvgIpc) is 2.78. The van der Waals surface area contributed by atoms with E-state index in [1.807, 2.05) is 55.5 Å². The largest absolute Gasteiger partial charge is 0.490 e. The molecule has 0 unspecified atom stereocenters. The molecule has 6 nitrogen and oxygen atoms in total. The number of non-ortho nitro benzene ring substituents is 1. The van der Waals surface area contributed by atoms with E-state index in [1.54, 1.807) is 18.2 Å². The Bertz CT molecular complexity index is 1080. The van der Waals surface area contributed by atoms with Gasteiger partial charge in [-0.3, -0.25) is 10.1 Å². The van der Waals surface area contributed by atoms with Gasteiger partial charge in [0.2, 0.25) is 0 Å². The Morgan fingerprint density at radius 3 is 2.40 bits per heavy atom. The molecule has 0 fully saturated rings. The summed E-state index contributed by atoms with van der Waals surface area (Å²) in [6.07, 6.45) is 1.71. The molecule has 3 aromatic carbocycles. The van der Waals surface area contributed by atoms with Gasteiger partial charge in [0.25, 0.3) is 5.69 Å². The van der Waals surface area contributed by atoms with Gasteiger partial charge in [-0.15, -0.1) is 0 Å². The second kappa shape index (κ2) is 9.89. The first-order valence-electron chi connectivity index (χ1n) is 9.41. The number of benzene rings is 3. The van der Waals surface area contributed by atoms with E-state index < -0.39 is 4.92 Å². The maximum absolute atomic E-state index is 10.8. The second-order valence-electron chi connectivity index (χ2n) is 6.39. The summed E-state index contributed by atoms with van der Waals surface area (Å²) in [6, 6.07) is 23.3. The lowest BCUT2D eigenvalue weighted by atomic mass is 10.0. The molecule has 0 spiro atoms. The number of rotatable bonds is 8. The quantitative estimate of drug-likeness (QED) is 0.211. The van der Waals surface area contributed by atoms with Crippen molar-refractivity contribution in [2.45, 2.75) is 13.5 Å². The molecule has 0 bridgehead atoms. The van der Waals surface area contributed by atoms with E-state index in [9.17, 15) is 15.4 Å². The van der Waals surface area contributed by atoms with Gasteiger partial charge >= 0.3 is 0 Å². The van der Waals surface area contributed by atoms with E-state index in [-0.39, 0.29) is 5.69 Å². The lowest BCUT2D eigenvalue weighted by molar-refractivity contribution is -0.384. The first-order chi connectivity index (χ1) is 14.6. The van der Waals surface area contributed by atoms with Gasteiger partial charge in [0.1, 0.15) is 6.61 Å². The monoisotopic (exact) mass is 400 g/mol. The average molecular weight is 400 g/mol. The molecule has 150 valence electrons. The van der Waals surface area contributed by atoms with E-state index in [2.05, 4.69) is 6.07 Å². The normalized spacial score (nSPS) is 10.9. The number of nitro benzene ring substituents is 1. The summed E-state index contributed by atoms with van der Waals surface area (Å²) >= 11 is 0. The minimum absolute atomic E-state index is 0.0189. The third kappa shape index (κ3) is 5.24. The molecule has 3 aromatic rings. The fourth-order valence-corrected chi connectivity index (χ4v) is 2.85. The SMILES string of the molecule is CCOc1cc(/C=C(\C#N)c2ccc([N+](=O)[O-])cc2)ccc1OCc1ccccc1. The summed E-state index contributed by atoms with van der Waals surface area (Å²) in [4.78, 5) is 10.3. The predicted octanol–water partition coefficient (Wildman–Crippen LogP) is 5.64. The standard InChI is InChI=1S/C24H20N2O4/c1-2-29-24-15-19(8-13-23(24)30-17-18-6-4-3-5-7-18)14-21(16-25)20-9-11-22(12-10-20)26(27)28/h3-15H,2,17H2,1H3/b21-14+. The van der Waals surface area contributed by atoms with Crippen LogP contribution < -0.4 is 9.47 Å². The number of allylic oxidation sites excluding steroid dienone is 1. The molecule has 0 atom stereocenters. The first kappa shape index (κ1) is 20.6. The molecule has 0 aromatic heterocycles. The van der Waals surface area contributed by atoms with Crippen LogP contribution in [0.25, 0.3) is 11.6 Å². The molecule has 0 amide bonds. The summed E-state index contributed by atoms with van der Waals surface area (Å²) in [6.45, 7) is 2.78. The van der Waals surface area contributed by atoms with E-state index in [1.165, 1.54) is 12.1 Å². The van der Waals surface area contributed by atoms with Crippen molar-refractivity contribution in [3.05, 3.63) is 99.6 Å². The van der Waals surface area contributed by atoms with Gasteiger partial charge in [-0.05, 0) is 54.0 Å². The van der Waals surface area contributed by atoms with Gasteiger partial charge < -0.3 is 9.47 Å². The molecule has 30 heavy (non-hydrogen) atoms. The van der Waals surface area contributed by atoms with Crippen LogP contribution >= 0.6 is 0 Å². The van der Waals surface area contributed by atoms with Crippen LogP contribution in [0.3, 0.4) is 0 Å². The summed E-state index contributed by atoms with van der Waals surface area (Å²) in [5.41, 5.74) is 2.79. The number of hydrogen-bond acceptors (Lipinski definition) is 5. The molecule has 0 aliphatic carbocycles. The zero-order valence-electron chi connectivity index (χ0n) is 16.4. The molecule has 0 saturated heterocycles. The minimum atomic E-state index is -0.470. The van der Waals surface area contributed by atoms with Crippen molar-refractivity contribution in [1.82, 2.24) is 0 Å². The predicted molar refractivity (Wildman–Crippen MR) is 115 cm³/mol. The zero-order chi connectivity index (χ0) is 21.3. The molecule has 0 N–H and O–H groups in total. The lowest BCUT2D eigenvalue weighted by Crippen LogP contribution is -2.00. The second-order valence-corrected chi connectivity index (χ2v) is 6.39. The van der Waals surface area contributed by atoms with Gasteiger partial charge in [-0.2, -0.15) is 5.26 Å². The van der Waals surface area contributed by atoms with Gasteiger partial charge in [0.15, 0.2) is 11.5 Å². The summed E-state index contributed by atoms with van der Waals surface area (Å²) in [5, 5.41) is 20.4. The molecule has 3 rings (SSSR count). The highest BCUT2D eigenvalue weighted by Gasteiger charge is 2.09. The molecule has 0 radical (unpaired) electrons. The van der Waals surface area contributed by atoms with Gasteiger partial charge in [-0.25, -0.2) is 0 Å². The Kier molecular flexibility index (Phi) is 6.80. The topological polar surface area (TPSA) is 85.4 Å². The highest BCUT2D eigenvalue weighted by molar-refractivity contribution is 5.90. The van der Waals surface area contributed by atoms with Crippen LogP contribution in [0.2, 0.25) is 0 Å². The molecular weight excluding hydrogens is 380 g/mol. The third-order valence-corrected chi connectivity index (χ3v) is 4.33. The highest BCUT2D eigenvalue weighted by atomic mass is 16.6. The first-order valence-corrected chi connectivity index (χ1v) is 9.41. The molecule has 6 heteroatoms. The molecule has 0 saturated carbocycles. The maximum Gasteiger partial charge on any atom is 0.269 e. The van der Waals surface area contributed by atoms with Crippen LogP contribution in [0, 0.1) is 21.4 Å². The number of nitro groups is 1. The van der Waals surface area contributed by atoms with Crippen LogP contribution in [0.15, 0.2) is 72.8 Å². The van der Waals surface area contributed by atoms with E-state index in [0.717, 1.165) is 11.1 Å². The minimum Gasteiger partial charge on any atom is -0.490 e. The van der Waals surface area contributed by atoms with Crippen LogP contribution in [-0.2, 0) is 6.61 Å². The Morgan fingerprint density at radius 1 is 1.03 bits per heavy atom. The molecule has 0 aliphatic heterocycles. The van der Waals surface area contributed by atoms with Crippen molar-refractivity contribution in [2.75, 3.05) is 6.61 Å². The van der Waals surface area contributed by atoms with E-state index >= 15 is 0 Å². The number of ether oxygens (including phenoxy) is 2. The van der Waals surface area contributed by atoms with Crippen molar-refractivity contribution in [2.24, 2.45) is 0 Å². The van der Waals surface area contributed by atoms with Crippen molar-refractivity contribution >= 4 is 17.3 Å². The Labute approximate surface area is 174 Å². The van der Waals surface area contributed by atoms with Crippen LogP contribution in [0.1, 0.15) is 23.6 Å². The van der Waals surface area contributed by atoms with Crippen molar-refractivity contribution < 1.29 is 14.4 Å². The van der Waals surface area contributed by atoms with Crippen LogP contribution in [0.5, 0.6) is 11.5 Å². The highest BCUT2D eigenvalue weighted by Crippen LogP contribution is 2.31. The van der Waals surface area contributed by atoms with Crippen molar-refractivity contribution in [3.8, 4) is 17.6 Å². The van der Waals surface area contributed by atoms with Crippen molar-refractivity contribution in [3.63, 3.8) is 0 Å². The lowest BCUT2D eigenvalue weighted by Gasteiger charge is -2.13. The summed E-state index contributed by atoms with van der Waals surface area (Å²) in [5.74, 6) is 1.20. The number of hydrogen-bond donors (Lipinski definition) is 0. The fraction of sp³-hybridized carbons (Fsp3) is 0.125. The van der Waals surface area contributed by atoms with Crippen LogP contribution in [0.4, 0.5) is 5.69 Å². The third-order valence-electron chi connectivity index (χ3n) is 4.33. The Balaban J connectivity index is 1.84. The van der Waals surface area contributed by atoms with E-state index in [4.69, 9.17) is 9.47 Å². The molecule has 0 heterocycles.